The van der Waals surface area contributed by atoms with Crippen molar-refractivity contribution in [2.24, 2.45) is 0 Å². The van der Waals surface area contributed by atoms with E-state index in [0.717, 1.165) is 6.20 Å². The van der Waals surface area contributed by atoms with Crippen LogP contribution in [0.25, 0.3) is 0 Å². The van der Waals surface area contributed by atoms with E-state index in [-0.39, 0.29) is 16.5 Å². The average Bonchev–Trinajstić information content (AvgIpc) is 2.15. The second-order valence-corrected chi connectivity index (χ2v) is 3.54. The van der Waals surface area contributed by atoms with Gasteiger partial charge in [-0.05, 0) is 5.56 Å². The zero-order valence-corrected chi connectivity index (χ0v) is 9.52. The normalized spacial score (nSPS) is 10.7. The molecule has 0 unspecified atom stereocenters. The summed E-state index contributed by atoms with van der Waals surface area (Å²) in [5.74, 6) is -1.35. The predicted molar refractivity (Wildman–Crippen MR) is 53.8 cm³/mol. The first kappa shape index (κ1) is 12.3. The third-order valence-corrected chi connectivity index (χ3v) is 2.68. The Kier molecular flexibility index (Phi) is 3.98. The Morgan fingerprint density at radius 2 is 2.27 bits per heavy atom. The minimum atomic E-state index is -2.89. The minimum absolute atomic E-state index is 0.185. The van der Waals surface area contributed by atoms with Gasteiger partial charge in [0.2, 0.25) is 0 Å². The molecule has 0 aromatic carbocycles. The van der Waals surface area contributed by atoms with Gasteiger partial charge in [0, 0.05) is 11.5 Å². The largest absolute Gasteiger partial charge is 0.478 e. The molecule has 0 saturated heterocycles. The highest BCUT2D eigenvalue weighted by Crippen LogP contribution is 2.30. The number of aromatic carboxylic acids is 1. The maximum Gasteiger partial charge on any atom is 0.337 e. The van der Waals surface area contributed by atoms with Crippen LogP contribution >= 0.6 is 27.5 Å². The Hall–Kier alpha value is -0.750. The molecule has 0 spiro atoms. The van der Waals surface area contributed by atoms with Gasteiger partial charge >= 0.3 is 5.97 Å². The van der Waals surface area contributed by atoms with Crippen LogP contribution in [0.5, 0.6) is 0 Å². The van der Waals surface area contributed by atoms with E-state index in [1.807, 2.05) is 0 Å². The zero-order chi connectivity index (χ0) is 11.6. The fraction of sp³-hybridized carbons (Fsp3) is 0.250. The van der Waals surface area contributed by atoms with E-state index in [4.69, 9.17) is 16.7 Å². The van der Waals surface area contributed by atoms with Gasteiger partial charge in [0.25, 0.3) is 6.43 Å². The first-order valence-corrected chi connectivity index (χ1v) is 5.23. The standard InChI is InChI=1S/C8H5BrClF2NO2/c9-1-3-2-13-6(7(11)12)5(10)4(3)8(14)15/h2,7H,1H2,(H,14,15). The smallest absolute Gasteiger partial charge is 0.337 e. The van der Waals surface area contributed by atoms with E-state index in [1.165, 1.54) is 0 Å². The van der Waals surface area contributed by atoms with Crippen LogP contribution in [0.3, 0.4) is 0 Å². The molecule has 15 heavy (non-hydrogen) atoms. The van der Waals surface area contributed by atoms with Crippen molar-refractivity contribution < 1.29 is 18.7 Å². The van der Waals surface area contributed by atoms with E-state index in [9.17, 15) is 13.6 Å². The molecular weight excluding hydrogens is 295 g/mol. The van der Waals surface area contributed by atoms with Gasteiger partial charge in [0.1, 0.15) is 5.69 Å². The molecule has 1 aromatic rings. The number of pyridine rings is 1. The molecule has 0 bridgehead atoms. The van der Waals surface area contributed by atoms with Gasteiger partial charge in [0.05, 0.1) is 10.6 Å². The van der Waals surface area contributed by atoms with Crippen LogP contribution in [0.2, 0.25) is 5.02 Å². The molecule has 1 N–H and O–H groups in total. The number of carboxylic acid groups (broad SMARTS) is 1. The molecule has 3 nitrogen and oxygen atoms in total. The first-order chi connectivity index (χ1) is 6.99. The van der Waals surface area contributed by atoms with Gasteiger partial charge in [-0.3, -0.25) is 4.98 Å². The molecule has 0 aliphatic carbocycles. The van der Waals surface area contributed by atoms with Crippen molar-refractivity contribution in [3.8, 4) is 0 Å². The Labute approximate surface area is 97.2 Å². The summed E-state index contributed by atoms with van der Waals surface area (Å²) >= 11 is 8.56. The summed E-state index contributed by atoms with van der Waals surface area (Å²) in [4.78, 5) is 14.2. The molecule has 1 aromatic heterocycles. The quantitative estimate of drug-likeness (QED) is 0.872. The van der Waals surface area contributed by atoms with E-state index in [2.05, 4.69) is 20.9 Å². The summed E-state index contributed by atoms with van der Waals surface area (Å²) in [7, 11) is 0. The van der Waals surface area contributed by atoms with Crippen LogP contribution in [0.1, 0.15) is 28.0 Å². The molecule has 1 heterocycles. The summed E-state index contributed by atoms with van der Waals surface area (Å²) in [6.07, 6.45) is -1.81. The van der Waals surface area contributed by atoms with Crippen molar-refractivity contribution in [2.45, 2.75) is 11.8 Å². The summed E-state index contributed by atoms with van der Waals surface area (Å²) in [6.45, 7) is 0. The molecule has 82 valence electrons. The molecule has 0 fully saturated rings. The molecule has 0 aliphatic rings. The average molecular weight is 300 g/mol. The molecule has 0 saturated carbocycles. The van der Waals surface area contributed by atoms with Gasteiger partial charge in [-0.1, -0.05) is 27.5 Å². The van der Waals surface area contributed by atoms with Crippen LogP contribution in [0, 0.1) is 0 Å². The minimum Gasteiger partial charge on any atom is -0.478 e. The predicted octanol–water partition coefficient (Wildman–Crippen LogP) is 3.27. The zero-order valence-electron chi connectivity index (χ0n) is 7.18. The van der Waals surface area contributed by atoms with Crippen LogP contribution in [0.15, 0.2) is 6.20 Å². The first-order valence-electron chi connectivity index (χ1n) is 3.73. The molecule has 1 rings (SSSR count). The van der Waals surface area contributed by atoms with Crippen molar-refractivity contribution in [1.82, 2.24) is 4.98 Å². The van der Waals surface area contributed by atoms with Crippen molar-refractivity contribution in [1.29, 1.82) is 0 Å². The fourth-order valence-electron chi connectivity index (χ4n) is 1.02. The number of alkyl halides is 3. The Balaban J connectivity index is 3.42. The third-order valence-electron chi connectivity index (χ3n) is 1.69. The lowest BCUT2D eigenvalue weighted by molar-refractivity contribution is 0.0695. The number of hydrogen-bond donors (Lipinski definition) is 1. The maximum absolute atomic E-state index is 12.4. The SMILES string of the molecule is O=C(O)c1c(CBr)cnc(C(F)F)c1Cl. The van der Waals surface area contributed by atoms with Crippen LogP contribution in [-0.4, -0.2) is 16.1 Å². The van der Waals surface area contributed by atoms with Crippen LogP contribution < -0.4 is 0 Å². The molecule has 0 amide bonds. The maximum atomic E-state index is 12.4. The molecule has 0 aliphatic heterocycles. The number of rotatable bonds is 3. The molecule has 0 radical (unpaired) electrons. The number of halogens is 4. The van der Waals surface area contributed by atoms with Gasteiger partial charge < -0.3 is 5.11 Å². The summed E-state index contributed by atoms with van der Waals surface area (Å²) in [6, 6.07) is 0. The van der Waals surface area contributed by atoms with Gasteiger partial charge in [-0.2, -0.15) is 0 Å². The lowest BCUT2D eigenvalue weighted by Gasteiger charge is -2.08. The lowest BCUT2D eigenvalue weighted by Crippen LogP contribution is -2.06. The number of carbonyl (C=O) groups is 1. The van der Waals surface area contributed by atoms with Crippen molar-refractivity contribution in [3.63, 3.8) is 0 Å². The summed E-state index contributed by atoms with van der Waals surface area (Å²) < 4.78 is 24.7. The Morgan fingerprint density at radius 3 is 2.67 bits per heavy atom. The summed E-state index contributed by atoms with van der Waals surface area (Å²) in [5, 5.41) is 8.49. The Morgan fingerprint density at radius 1 is 1.67 bits per heavy atom. The van der Waals surface area contributed by atoms with Crippen molar-refractivity contribution >= 4 is 33.5 Å². The number of hydrogen-bond acceptors (Lipinski definition) is 2. The third kappa shape index (κ3) is 2.43. The second-order valence-electron chi connectivity index (χ2n) is 2.60. The second kappa shape index (κ2) is 4.85. The molecule has 7 heteroatoms. The fourth-order valence-corrected chi connectivity index (χ4v) is 1.78. The van der Waals surface area contributed by atoms with Crippen molar-refractivity contribution in [3.05, 3.63) is 28.0 Å². The Bertz CT molecular complexity index is 400. The monoisotopic (exact) mass is 299 g/mol. The highest BCUT2D eigenvalue weighted by Gasteiger charge is 2.22. The highest BCUT2D eigenvalue weighted by molar-refractivity contribution is 9.08. The topological polar surface area (TPSA) is 50.2 Å². The highest BCUT2D eigenvalue weighted by atomic mass is 79.9. The number of nitrogens with zero attached hydrogens (tertiary/aromatic N) is 1. The van der Waals surface area contributed by atoms with E-state index in [1.54, 1.807) is 0 Å². The van der Waals surface area contributed by atoms with Gasteiger partial charge in [-0.25, -0.2) is 13.6 Å². The molecular formula is C8H5BrClF2NO2. The van der Waals surface area contributed by atoms with E-state index in [0.29, 0.717) is 0 Å². The van der Waals surface area contributed by atoms with Gasteiger partial charge in [-0.15, -0.1) is 0 Å². The lowest BCUT2D eigenvalue weighted by atomic mass is 10.1. The van der Waals surface area contributed by atoms with Gasteiger partial charge in [0.15, 0.2) is 0 Å². The van der Waals surface area contributed by atoms with E-state index < -0.39 is 23.1 Å². The van der Waals surface area contributed by atoms with Crippen LogP contribution in [-0.2, 0) is 5.33 Å². The van der Waals surface area contributed by atoms with Crippen molar-refractivity contribution in [2.75, 3.05) is 0 Å². The molecule has 0 atom stereocenters. The summed E-state index contributed by atoms with van der Waals surface area (Å²) in [5.41, 5.74) is -0.783. The number of aromatic nitrogens is 1. The van der Waals surface area contributed by atoms with Crippen LogP contribution in [0.4, 0.5) is 8.78 Å². The van der Waals surface area contributed by atoms with E-state index >= 15 is 0 Å². The number of carboxylic acids is 1.